The van der Waals surface area contributed by atoms with E-state index in [1.165, 1.54) is 0 Å². The number of hydrogen-bond acceptors (Lipinski definition) is 4. The van der Waals surface area contributed by atoms with Gasteiger partial charge in [-0.25, -0.2) is 0 Å². The van der Waals surface area contributed by atoms with Gasteiger partial charge in [-0.2, -0.15) is 0 Å². The molecule has 0 bridgehead atoms. The summed E-state index contributed by atoms with van der Waals surface area (Å²) < 4.78 is 7.70. The summed E-state index contributed by atoms with van der Waals surface area (Å²) in [6, 6.07) is 16.3. The van der Waals surface area contributed by atoms with Crippen LogP contribution < -0.4 is 4.74 Å². The van der Waals surface area contributed by atoms with E-state index in [2.05, 4.69) is 57.9 Å². The van der Waals surface area contributed by atoms with Crippen molar-refractivity contribution in [1.82, 2.24) is 19.7 Å². The van der Waals surface area contributed by atoms with Crippen molar-refractivity contribution in [3.63, 3.8) is 0 Å². The highest BCUT2D eigenvalue weighted by Crippen LogP contribution is 2.33. The molecule has 2 heterocycles. The lowest BCUT2D eigenvalue weighted by Gasteiger charge is -2.12. The summed E-state index contributed by atoms with van der Waals surface area (Å²) in [6.07, 6.45) is 2.00. The molecule has 0 aliphatic heterocycles. The van der Waals surface area contributed by atoms with Crippen LogP contribution in [-0.2, 0) is 0 Å². The highest BCUT2D eigenvalue weighted by atomic mass is 32.2. The van der Waals surface area contributed by atoms with E-state index >= 15 is 0 Å². The largest absolute Gasteiger partial charge is 0.494 e. The molecule has 0 radical (unpaired) electrons. The van der Waals surface area contributed by atoms with Gasteiger partial charge in [-0.1, -0.05) is 43.8 Å². The maximum absolute atomic E-state index is 5.58. The quantitative estimate of drug-likeness (QED) is 0.462. The van der Waals surface area contributed by atoms with Gasteiger partial charge in [0.05, 0.1) is 6.61 Å². The predicted molar refractivity (Wildman–Crippen MR) is 111 cm³/mol. The van der Waals surface area contributed by atoms with Crippen molar-refractivity contribution in [2.75, 3.05) is 6.61 Å². The van der Waals surface area contributed by atoms with E-state index in [-0.39, 0.29) is 0 Å². The summed E-state index contributed by atoms with van der Waals surface area (Å²) in [5, 5.41) is 11.5. The van der Waals surface area contributed by atoms with E-state index in [0.717, 1.165) is 38.9 Å². The Balaban J connectivity index is 1.86. The molecule has 0 unspecified atom stereocenters. The number of para-hydroxylation sites is 1. The van der Waals surface area contributed by atoms with Gasteiger partial charge in [0.1, 0.15) is 5.75 Å². The fourth-order valence-electron chi connectivity index (χ4n) is 3.08. The maximum Gasteiger partial charge on any atom is 0.196 e. The number of aromatic amines is 1. The molecule has 0 saturated heterocycles. The van der Waals surface area contributed by atoms with Gasteiger partial charge in [-0.3, -0.25) is 4.57 Å². The molecule has 0 amide bonds. The van der Waals surface area contributed by atoms with Gasteiger partial charge in [0.25, 0.3) is 0 Å². The molecule has 27 heavy (non-hydrogen) atoms. The lowest BCUT2D eigenvalue weighted by Crippen LogP contribution is -2.01. The van der Waals surface area contributed by atoms with Crippen molar-refractivity contribution in [1.29, 1.82) is 0 Å². The second kappa shape index (κ2) is 7.48. The maximum atomic E-state index is 5.58. The second-order valence-corrected chi connectivity index (χ2v) is 8.03. The average Bonchev–Trinajstić information content (AvgIpc) is 3.26. The molecule has 0 saturated carbocycles. The lowest BCUT2D eigenvalue weighted by atomic mass is 10.1. The number of nitrogens with one attached hydrogen (secondary N) is 1. The van der Waals surface area contributed by atoms with Crippen LogP contribution in [0.1, 0.15) is 20.8 Å². The molecule has 0 spiro atoms. The van der Waals surface area contributed by atoms with Crippen LogP contribution in [0.5, 0.6) is 5.75 Å². The smallest absolute Gasteiger partial charge is 0.196 e. The van der Waals surface area contributed by atoms with E-state index in [1.54, 1.807) is 11.8 Å². The summed E-state index contributed by atoms with van der Waals surface area (Å²) in [7, 11) is 0. The zero-order valence-corrected chi connectivity index (χ0v) is 16.5. The molecule has 2 aromatic carbocycles. The molecule has 0 atom stereocenters. The molecular weight excluding hydrogens is 356 g/mol. The van der Waals surface area contributed by atoms with Gasteiger partial charge in [0.15, 0.2) is 11.0 Å². The molecule has 4 rings (SSSR count). The number of thioether (sulfide) groups is 1. The van der Waals surface area contributed by atoms with Crippen molar-refractivity contribution < 1.29 is 4.74 Å². The number of benzene rings is 2. The summed E-state index contributed by atoms with van der Waals surface area (Å²) in [6.45, 7) is 6.96. The lowest BCUT2D eigenvalue weighted by molar-refractivity contribution is 0.340. The van der Waals surface area contributed by atoms with Gasteiger partial charge < -0.3 is 9.72 Å². The molecule has 5 nitrogen and oxygen atoms in total. The Hall–Kier alpha value is -2.73. The Morgan fingerprint density at radius 2 is 1.85 bits per heavy atom. The Kier molecular flexibility index (Phi) is 4.90. The Morgan fingerprint density at radius 1 is 1.07 bits per heavy atom. The first-order valence-electron chi connectivity index (χ1n) is 9.09. The number of fused-ring (bicyclic) bond motifs is 1. The molecule has 1 N–H and O–H groups in total. The fourth-order valence-corrected chi connectivity index (χ4v) is 3.89. The monoisotopic (exact) mass is 378 g/mol. The van der Waals surface area contributed by atoms with Crippen molar-refractivity contribution in [3.05, 3.63) is 54.7 Å². The molecule has 0 aliphatic carbocycles. The van der Waals surface area contributed by atoms with Crippen LogP contribution >= 0.6 is 11.8 Å². The van der Waals surface area contributed by atoms with Gasteiger partial charge >= 0.3 is 0 Å². The minimum atomic E-state index is 0.409. The van der Waals surface area contributed by atoms with Gasteiger partial charge in [0, 0.05) is 33.6 Å². The normalized spacial score (nSPS) is 11.4. The molecule has 0 fully saturated rings. The zero-order valence-electron chi connectivity index (χ0n) is 15.6. The number of ether oxygens (including phenoxy) is 1. The van der Waals surface area contributed by atoms with E-state index < -0.39 is 0 Å². The minimum Gasteiger partial charge on any atom is -0.494 e. The first-order valence-corrected chi connectivity index (χ1v) is 9.97. The van der Waals surface area contributed by atoms with Crippen LogP contribution in [0.3, 0.4) is 0 Å². The number of nitrogens with zero attached hydrogens (tertiary/aromatic N) is 3. The highest BCUT2D eigenvalue weighted by molar-refractivity contribution is 7.99. The summed E-state index contributed by atoms with van der Waals surface area (Å²) in [4.78, 5) is 3.33. The van der Waals surface area contributed by atoms with Crippen LogP contribution in [0.15, 0.2) is 59.9 Å². The van der Waals surface area contributed by atoms with Gasteiger partial charge in [0.2, 0.25) is 0 Å². The first kappa shape index (κ1) is 17.7. The third-order valence-electron chi connectivity index (χ3n) is 4.21. The van der Waals surface area contributed by atoms with Crippen LogP contribution in [0.2, 0.25) is 0 Å². The van der Waals surface area contributed by atoms with Crippen molar-refractivity contribution in [3.8, 4) is 22.8 Å². The molecule has 6 heteroatoms. The summed E-state index contributed by atoms with van der Waals surface area (Å²) in [5.41, 5.74) is 3.15. The Labute approximate surface area is 162 Å². The van der Waals surface area contributed by atoms with Crippen LogP contribution in [0.4, 0.5) is 0 Å². The topological polar surface area (TPSA) is 55.7 Å². The third-order valence-corrected chi connectivity index (χ3v) is 5.16. The molecule has 2 aromatic heterocycles. The van der Waals surface area contributed by atoms with Crippen molar-refractivity contribution in [2.24, 2.45) is 0 Å². The number of aromatic nitrogens is 4. The van der Waals surface area contributed by atoms with E-state index in [0.29, 0.717) is 11.9 Å². The highest BCUT2D eigenvalue weighted by Gasteiger charge is 2.19. The van der Waals surface area contributed by atoms with Crippen molar-refractivity contribution in [2.45, 2.75) is 31.2 Å². The average molecular weight is 379 g/mol. The van der Waals surface area contributed by atoms with Crippen LogP contribution in [-0.4, -0.2) is 31.6 Å². The molecule has 138 valence electrons. The first-order chi connectivity index (χ1) is 13.2. The molecule has 4 aromatic rings. The van der Waals surface area contributed by atoms with Gasteiger partial charge in [-0.05, 0) is 37.3 Å². The van der Waals surface area contributed by atoms with Gasteiger partial charge in [-0.15, -0.1) is 10.2 Å². The third kappa shape index (κ3) is 3.45. The van der Waals surface area contributed by atoms with E-state index in [1.807, 2.05) is 37.4 Å². The van der Waals surface area contributed by atoms with E-state index in [9.17, 15) is 0 Å². The van der Waals surface area contributed by atoms with Crippen molar-refractivity contribution >= 4 is 22.7 Å². The number of H-pyrrole nitrogens is 1. The minimum absolute atomic E-state index is 0.409. The second-order valence-electron chi connectivity index (χ2n) is 6.48. The molecular formula is C21H22N4OS. The summed E-state index contributed by atoms with van der Waals surface area (Å²) >= 11 is 1.71. The van der Waals surface area contributed by atoms with Crippen LogP contribution in [0, 0.1) is 0 Å². The standard InChI is InChI=1S/C21H22N4OS/c1-4-26-16-11-9-15(10-12-16)25-20(23-24-21(25)27-14(2)3)18-13-22-19-8-6-5-7-17(18)19/h5-14,22H,4H2,1-3H3. The Bertz CT molecular complexity index is 1050. The Morgan fingerprint density at radius 3 is 2.59 bits per heavy atom. The zero-order chi connectivity index (χ0) is 18.8. The fraction of sp³-hybridized carbons (Fsp3) is 0.238. The number of hydrogen-bond donors (Lipinski definition) is 1. The summed E-state index contributed by atoms with van der Waals surface area (Å²) in [5.74, 6) is 1.70. The SMILES string of the molecule is CCOc1ccc(-n2c(SC(C)C)nnc2-c2c[nH]c3ccccc23)cc1. The van der Waals surface area contributed by atoms with E-state index in [4.69, 9.17) is 4.74 Å². The predicted octanol–water partition coefficient (Wildman–Crippen LogP) is 5.31. The molecule has 0 aliphatic rings. The van der Waals surface area contributed by atoms with Crippen LogP contribution in [0.25, 0.3) is 28.0 Å². The number of rotatable bonds is 6.